The van der Waals surface area contributed by atoms with Gasteiger partial charge in [-0.15, -0.1) is 0 Å². The maximum atomic E-state index is 5.91. The van der Waals surface area contributed by atoms with Gasteiger partial charge >= 0.3 is 0 Å². The molecule has 3 nitrogen and oxygen atoms in total. The second kappa shape index (κ2) is 4.15. The van der Waals surface area contributed by atoms with Crippen LogP contribution in [-0.2, 0) is 6.61 Å². The Morgan fingerprint density at radius 3 is 2.93 bits per heavy atom. The molecule has 0 saturated heterocycles. The van der Waals surface area contributed by atoms with Crippen LogP contribution in [0.15, 0.2) is 36.7 Å². The molecule has 0 spiro atoms. The van der Waals surface area contributed by atoms with Crippen LogP contribution >= 0.6 is 11.6 Å². The van der Waals surface area contributed by atoms with E-state index in [-0.39, 0.29) is 0 Å². The average molecular weight is 209 g/mol. The van der Waals surface area contributed by atoms with Crippen molar-refractivity contribution in [2.45, 2.75) is 6.61 Å². The Morgan fingerprint density at radius 2 is 2.21 bits per heavy atom. The van der Waals surface area contributed by atoms with Crippen molar-refractivity contribution in [1.29, 1.82) is 0 Å². The summed E-state index contributed by atoms with van der Waals surface area (Å²) in [6.45, 7) is 0.400. The standard InChI is InChI=1S/C10H9ClN2O/c11-8-3-1-2-4-9(8)14-7-10-12-5-6-13-10/h1-6H,7H2,(H,12,13). The molecule has 1 heterocycles. The van der Waals surface area contributed by atoms with Crippen LogP contribution in [0.25, 0.3) is 0 Å². The van der Waals surface area contributed by atoms with Crippen molar-refractivity contribution in [3.63, 3.8) is 0 Å². The van der Waals surface area contributed by atoms with Crippen molar-refractivity contribution in [2.75, 3.05) is 0 Å². The molecule has 1 N–H and O–H groups in total. The first kappa shape index (κ1) is 9.09. The van der Waals surface area contributed by atoms with E-state index in [9.17, 15) is 0 Å². The molecule has 0 atom stereocenters. The maximum absolute atomic E-state index is 5.91. The van der Waals surface area contributed by atoms with Crippen LogP contribution in [-0.4, -0.2) is 9.97 Å². The zero-order chi connectivity index (χ0) is 9.80. The van der Waals surface area contributed by atoms with Crippen LogP contribution in [0.1, 0.15) is 5.82 Å². The van der Waals surface area contributed by atoms with E-state index < -0.39 is 0 Å². The molecular weight excluding hydrogens is 200 g/mol. The van der Waals surface area contributed by atoms with Crippen LogP contribution in [0, 0.1) is 0 Å². The Morgan fingerprint density at radius 1 is 1.36 bits per heavy atom. The number of H-pyrrole nitrogens is 1. The highest BCUT2D eigenvalue weighted by Gasteiger charge is 2.00. The summed E-state index contributed by atoms with van der Waals surface area (Å²) in [5, 5.41) is 0.610. The molecule has 14 heavy (non-hydrogen) atoms. The summed E-state index contributed by atoms with van der Waals surface area (Å²) in [7, 11) is 0. The van der Waals surface area contributed by atoms with Gasteiger partial charge in [-0.1, -0.05) is 23.7 Å². The molecule has 2 aromatic rings. The van der Waals surface area contributed by atoms with Crippen molar-refractivity contribution < 1.29 is 4.74 Å². The zero-order valence-corrected chi connectivity index (χ0v) is 8.16. The highest BCUT2D eigenvalue weighted by atomic mass is 35.5. The third-order valence-electron chi connectivity index (χ3n) is 1.76. The Hall–Kier alpha value is -1.48. The fraction of sp³-hybridized carbons (Fsp3) is 0.100. The molecule has 0 unspecified atom stereocenters. The third-order valence-corrected chi connectivity index (χ3v) is 2.07. The summed E-state index contributed by atoms with van der Waals surface area (Å²) in [5.41, 5.74) is 0. The number of para-hydroxylation sites is 1. The van der Waals surface area contributed by atoms with Gasteiger partial charge in [0.05, 0.1) is 5.02 Å². The van der Waals surface area contributed by atoms with Crippen molar-refractivity contribution in [2.24, 2.45) is 0 Å². The molecule has 0 aliphatic rings. The summed E-state index contributed by atoms with van der Waals surface area (Å²) >= 11 is 5.91. The number of hydrogen-bond acceptors (Lipinski definition) is 2. The molecule has 1 aromatic carbocycles. The molecule has 0 aliphatic heterocycles. The average Bonchev–Trinajstić information content (AvgIpc) is 2.69. The monoisotopic (exact) mass is 208 g/mol. The summed E-state index contributed by atoms with van der Waals surface area (Å²) in [6, 6.07) is 7.36. The lowest BCUT2D eigenvalue weighted by molar-refractivity contribution is 0.297. The van der Waals surface area contributed by atoms with Crippen LogP contribution in [0.2, 0.25) is 5.02 Å². The first-order valence-electron chi connectivity index (χ1n) is 4.22. The van der Waals surface area contributed by atoms with Crippen molar-refractivity contribution in [1.82, 2.24) is 9.97 Å². The van der Waals surface area contributed by atoms with E-state index in [1.54, 1.807) is 18.5 Å². The third kappa shape index (κ3) is 2.06. The summed E-state index contributed by atoms with van der Waals surface area (Å²) in [4.78, 5) is 6.98. The van der Waals surface area contributed by atoms with E-state index in [0.717, 1.165) is 5.82 Å². The SMILES string of the molecule is Clc1ccccc1OCc1ncc[nH]1. The highest BCUT2D eigenvalue weighted by molar-refractivity contribution is 6.32. The van der Waals surface area contributed by atoms with Crippen molar-refractivity contribution >= 4 is 11.6 Å². The van der Waals surface area contributed by atoms with Crippen LogP contribution in [0.5, 0.6) is 5.75 Å². The van der Waals surface area contributed by atoms with E-state index >= 15 is 0 Å². The van der Waals surface area contributed by atoms with E-state index in [0.29, 0.717) is 17.4 Å². The molecular formula is C10H9ClN2O. The number of nitrogens with zero attached hydrogens (tertiary/aromatic N) is 1. The fourth-order valence-electron chi connectivity index (χ4n) is 1.08. The van der Waals surface area contributed by atoms with Gasteiger partial charge in [-0.05, 0) is 12.1 Å². The van der Waals surface area contributed by atoms with Gasteiger partial charge in [-0.25, -0.2) is 4.98 Å². The van der Waals surface area contributed by atoms with Crippen LogP contribution in [0.4, 0.5) is 0 Å². The zero-order valence-electron chi connectivity index (χ0n) is 7.40. The maximum Gasteiger partial charge on any atom is 0.146 e. The molecule has 0 bridgehead atoms. The number of ether oxygens (including phenoxy) is 1. The lowest BCUT2D eigenvalue weighted by Crippen LogP contribution is -1.97. The van der Waals surface area contributed by atoms with Gasteiger partial charge in [-0.2, -0.15) is 0 Å². The summed E-state index contributed by atoms with van der Waals surface area (Å²) < 4.78 is 5.46. The first-order valence-corrected chi connectivity index (χ1v) is 4.59. The Labute approximate surface area is 86.7 Å². The smallest absolute Gasteiger partial charge is 0.146 e. The molecule has 0 saturated carbocycles. The summed E-state index contributed by atoms with van der Waals surface area (Å²) in [6.07, 6.45) is 3.44. The van der Waals surface area contributed by atoms with E-state index in [2.05, 4.69) is 9.97 Å². The highest BCUT2D eigenvalue weighted by Crippen LogP contribution is 2.23. The fourth-order valence-corrected chi connectivity index (χ4v) is 1.28. The van der Waals surface area contributed by atoms with Gasteiger partial charge in [0, 0.05) is 12.4 Å². The lowest BCUT2D eigenvalue weighted by atomic mass is 10.3. The van der Waals surface area contributed by atoms with Gasteiger partial charge < -0.3 is 9.72 Å². The number of benzene rings is 1. The molecule has 72 valence electrons. The van der Waals surface area contributed by atoms with Gasteiger partial charge in [0.2, 0.25) is 0 Å². The van der Waals surface area contributed by atoms with Crippen LogP contribution in [0.3, 0.4) is 0 Å². The number of aromatic nitrogens is 2. The molecule has 0 fully saturated rings. The topological polar surface area (TPSA) is 37.9 Å². The van der Waals surface area contributed by atoms with Crippen molar-refractivity contribution in [3.05, 3.63) is 47.5 Å². The number of nitrogens with one attached hydrogen (secondary N) is 1. The first-order chi connectivity index (χ1) is 6.86. The largest absolute Gasteiger partial charge is 0.484 e. The molecule has 0 aliphatic carbocycles. The molecule has 4 heteroatoms. The predicted octanol–water partition coefficient (Wildman–Crippen LogP) is 2.64. The van der Waals surface area contributed by atoms with E-state index in [1.165, 1.54) is 0 Å². The molecule has 1 aromatic heterocycles. The minimum atomic E-state index is 0.400. The van der Waals surface area contributed by atoms with Gasteiger partial charge in [0.15, 0.2) is 0 Å². The van der Waals surface area contributed by atoms with Crippen molar-refractivity contribution in [3.8, 4) is 5.75 Å². The van der Waals surface area contributed by atoms with E-state index in [4.69, 9.17) is 16.3 Å². The minimum Gasteiger partial charge on any atom is -0.484 e. The Bertz CT molecular complexity index is 400. The van der Waals surface area contributed by atoms with Gasteiger partial charge in [0.1, 0.15) is 18.2 Å². The number of aromatic amines is 1. The minimum absolute atomic E-state index is 0.400. The predicted molar refractivity (Wildman–Crippen MR) is 54.4 cm³/mol. The second-order valence-corrected chi connectivity index (χ2v) is 3.16. The lowest BCUT2D eigenvalue weighted by Gasteiger charge is -2.05. The number of halogens is 1. The molecule has 2 rings (SSSR count). The van der Waals surface area contributed by atoms with Gasteiger partial charge in [0.25, 0.3) is 0 Å². The second-order valence-electron chi connectivity index (χ2n) is 2.75. The number of imidazole rings is 1. The molecule has 0 amide bonds. The number of rotatable bonds is 3. The quantitative estimate of drug-likeness (QED) is 0.842. The summed E-state index contributed by atoms with van der Waals surface area (Å²) in [5.74, 6) is 1.45. The van der Waals surface area contributed by atoms with Crippen LogP contribution < -0.4 is 4.74 Å². The molecule has 0 radical (unpaired) electrons. The van der Waals surface area contributed by atoms with E-state index in [1.807, 2.05) is 18.2 Å². The normalized spacial score (nSPS) is 10.1. The van der Waals surface area contributed by atoms with Gasteiger partial charge in [-0.3, -0.25) is 0 Å². The Balaban J connectivity index is 2.02. The number of hydrogen-bond donors (Lipinski definition) is 1. The Kier molecular flexibility index (Phi) is 2.70.